The van der Waals surface area contributed by atoms with Crippen LogP contribution < -0.4 is 10.2 Å². The van der Waals surface area contributed by atoms with Gasteiger partial charge in [0.15, 0.2) is 0 Å². The molecule has 0 unspecified atom stereocenters. The second kappa shape index (κ2) is 13.6. The van der Waals surface area contributed by atoms with E-state index >= 15 is 0 Å². The van der Waals surface area contributed by atoms with Crippen molar-refractivity contribution >= 4 is 29.3 Å². The number of piperazine rings is 1. The van der Waals surface area contributed by atoms with Crippen LogP contribution in [0, 0.1) is 6.92 Å². The van der Waals surface area contributed by atoms with Gasteiger partial charge in [-0.25, -0.2) is 0 Å². The zero-order valence-corrected chi connectivity index (χ0v) is 28.3. The number of rotatable bonds is 10. The van der Waals surface area contributed by atoms with Gasteiger partial charge < -0.3 is 15.1 Å². The minimum atomic E-state index is -0.673. The van der Waals surface area contributed by atoms with Crippen LogP contribution in [0.4, 0.5) is 5.69 Å². The molecule has 0 radical (unpaired) electrons. The third kappa shape index (κ3) is 6.19. The molecule has 3 aliphatic rings. The second-order valence-corrected chi connectivity index (χ2v) is 14.2. The van der Waals surface area contributed by atoms with E-state index in [9.17, 15) is 9.59 Å². The molecule has 0 aliphatic carbocycles. The lowest BCUT2D eigenvalue weighted by Crippen LogP contribution is -2.47. The predicted octanol–water partition coefficient (Wildman–Crippen LogP) is 7.03. The summed E-state index contributed by atoms with van der Waals surface area (Å²) >= 11 is 1.77. The number of carbonyl (C=O) groups excluding carboxylic acids is 2. The highest BCUT2D eigenvalue weighted by Crippen LogP contribution is 2.51. The molecule has 3 heterocycles. The van der Waals surface area contributed by atoms with Crippen LogP contribution in [0.15, 0.2) is 101 Å². The molecule has 1 N–H and O–H groups in total. The first-order valence-corrected chi connectivity index (χ1v) is 17.9. The Bertz CT molecular complexity index is 1730. The number of nitrogens with zero attached hydrogens (tertiary/aromatic N) is 3. The molecule has 6 nitrogen and oxygen atoms in total. The molecule has 47 heavy (non-hydrogen) atoms. The topological polar surface area (TPSA) is 55.9 Å². The SMILES string of the molecule is CCNC(=O)C1(CCCCN2CCN(c3ccc4c(c3)C(=O)N(Cc3cccc(C)c3)C4)CC2)c2ccccc2Sc2ccccc21. The summed E-state index contributed by atoms with van der Waals surface area (Å²) in [6, 6.07) is 31.8. The van der Waals surface area contributed by atoms with Crippen molar-refractivity contribution in [3.8, 4) is 0 Å². The minimum Gasteiger partial charge on any atom is -0.369 e. The Morgan fingerprint density at radius 1 is 0.851 bits per heavy atom. The van der Waals surface area contributed by atoms with E-state index in [1.165, 1.54) is 20.9 Å². The molecule has 0 bridgehead atoms. The third-order valence-corrected chi connectivity index (χ3v) is 11.2. The first kappa shape index (κ1) is 31.5. The summed E-state index contributed by atoms with van der Waals surface area (Å²) in [6.45, 7) is 10.9. The van der Waals surface area contributed by atoms with E-state index in [4.69, 9.17) is 0 Å². The summed E-state index contributed by atoms with van der Waals surface area (Å²) in [5, 5.41) is 3.19. The summed E-state index contributed by atoms with van der Waals surface area (Å²) in [4.78, 5) is 36.6. The van der Waals surface area contributed by atoms with Gasteiger partial charge in [-0.3, -0.25) is 14.5 Å². The Kier molecular flexibility index (Phi) is 9.11. The molecule has 7 heteroatoms. The Hall–Kier alpha value is -4.07. The first-order valence-electron chi connectivity index (χ1n) is 17.1. The van der Waals surface area contributed by atoms with Gasteiger partial charge in [-0.15, -0.1) is 0 Å². The molecule has 1 fully saturated rings. The summed E-state index contributed by atoms with van der Waals surface area (Å²) in [5.41, 5.74) is 7.10. The Morgan fingerprint density at radius 2 is 1.57 bits per heavy atom. The fraction of sp³-hybridized carbons (Fsp3) is 0.350. The number of aryl methyl sites for hydroxylation is 1. The highest BCUT2D eigenvalue weighted by Gasteiger charge is 2.46. The number of hydrogen-bond donors (Lipinski definition) is 1. The number of anilines is 1. The average molecular weight is 645 g/mol. The van der Waals surface area contributed by atoms with Crippen molar-refractivity contribution in [3.63, 3.8) is 0 Å². The van der Waals surface area contributed by atoms with Crippen molar-refractivity contribution in [2.75, 3.05) is 44.2 Å². The van der Waals surface area contributed by atoms with Crippen LogP contribution in [0.3, 0.4) is 0 Å². The van der Waals surface area contributed by atoms with Crippen LogP contribution in [0.2, 0.25) is 0 Å². The fourth-order valence-corrected chi connectivity index (χ4v) is 8.91. The van der Waals surface area contributed by atoms with Gasteiger partial charge in [-0.05, 0) is 79.8 Å². The van der Waals surface area contributed by atoms with Gasteiger partial charge in [0.1, 0.15) is 5.41 Å². The normalized spacial score (nSPS) is 16.9. The number of benzene rings is 4. The Labute approximate surface area is 283 Å². The molecule has 1 saturated heterocycles. The summed E-state index contributed by atoms with van der Waals surface area (Å²) in [7, 11) is 0. The third-order valence-electron chi connectivity index (χ3n) is 10.1. The predicted molar refractivity (Wildman–Crippen MR) is 190 cm³/mol. The van der Waals surface area contributed by atoms with Crippen LogP contribution >= 0.6 is 11.8 Å². The molecular weight excluding hydrogens is 601 g/mol. The quantitative estimate of drug-likeness (QED) is 0.188. The van der Waals surface area contributed by atoms with E-state index in [1.807, 2.05) is 11.8 Å². The smallest absolute Gasteiger partial charge is 0.254 e. The molecule has 0 spiro atoms. The van der Waals surface area contributed by atoms with Gasteiger partial charge in [0.25, 0.3) is 5.91 Å². The highest BCUT2D eigenvalue weighted by molar-refractivity contribution is 7.99. The monoisotopic (exact) mass is 644 g/mol. The number of carbonyl (C=O) groups is 2. The van der Waals surface area contributed by atoms with Crippen LogP contribution in [0.25, 0.3) is 0 Å². The number of fused-ring (bicyclic) bond motifs is 3. The maximum absolute atomic E-state index is 14.0. The molecule has 0 saturated carbocycles. The lowest BCUT2D eigenvalue weighted by atomic mass is 9.69. The van der Waals surface area contributed by atoms with Gasteiger partial charge in [-0.1, -0.05) is 90.5 Å². The van der Waals surface area contributed by atoms with E-state index in [0.717, 1.165) is 79.9 Å². The first-order chi connectivity index (χ1) is 23.0. The zero-order valence-electron chi connectivity index (χ0n) is 27.5. The number of likely N-dealkylation sites (N-methyl/N-ethyl adjacent to an activating group) is 1. The number of hydrogen-bond acceptors (Lipinski definition) is 5. The Morgan fingerprint density at radius 3 is 2.28 bits per heavy atom. The summed E-state index contributed by atoms with van der Waals surface area (Å²) in [6.07, 6.45) is 2.80. The molecule has 0 aromatic heterocycles. The van der Waals surface area contributed by atoms with Crippen molar-refractivity contribution in [1.29, 1.82) is 0 Å². The van der Waals surface area contributed by atoms with Crippen molar-refractivity contribution in [1.82, 2.24) is 15.1 Å². The average Bonchev–Trinajstić information content (AvgIpc) is 3.40. The van der Waals surface area contributed by atoms with Gasteiger partial charge in [0.05, 0.1) is 0 Å². The molecule has 242 valence electrons. The van der Waals surface area contributed by atoms with Crippen molar-refractivity contribution in [2.24, 2.45) is 0 Å². The Balaban J connectivity index is 0.961. The van der Waals surface area contributed by atoms with Gasteiger partial charge >= 0.3 is 0 Å². The highest BCUT2D eigenvalue weighted by atomic mass is 32.2. The van der Waals surface area contributed by atoms with Gasteiger partial charge in [0.2, 0.25) is 5.91 Å². The van der Waals surface area contributed by atoms with E-state index < -0.39 is 5.41 Å². The van der Waals surface area contributed by atoms with Gasteiger partial charge in [-0.2, -0.15) is 0 Å². The van der Waals surface area contributed by atoms with Crippen molar-refractivity contribution in [2.45, 2.75) is 61.4 Å². The summed E-state index contributed by atoms with van der Waals surface area (Å²) in [5.74, 6) is 0.245. The number of unbranched alkanes of at least 4 members (excludes halogenated alkanes) is 1. The fourth-order valence-electron chi connectivity index (χ4n) is 7.68. The van der Waals surface area contributed by atoms with E-state index in [2.05, 4.69) is 113 Å². The van der Waals surface area contributed by atoms with Crippen LogP contribution in [0.5, 0.6) is 0 Å². The van der Waals surface area contributed by atoms with Crippen molar-refractivity contribution < 1.29 is 9.59 Å². The standard InChI is InChI=1S/C40H44N4O2S/c1-3-41-39(46)40(34-13-4-6-15-36(34)47-37-16-7-5-14-35(37)40)19-8-9-20-42-21-23-43(24-22-42)32-18-17-31-28-44(38(45)33(31)26-32)27-30-12-10-11-29(2)25-30/h4-7,10-18,25-26H,3,8-9,19-24,27-28H2,1-2H3,(H,41,46). The van der Waals surface area contributed by atoms with Crippen molar-refractivity contribution in [3.05, 3.63) is 124 Å². The van der Waals surface area contributed by atoms with E-state index in [1.54, 1.807) is 11.8 Å². The molecule has 3 aliphatic heterocycles. The number of nitrogens with one attached hydrogen (secondary N) is 1. The van der Waals surface area contributed by atoms with Gasteiger partial charge in [0, 0.05) is 66.9 Å². The minimum absolute atomic E-state index is 0.111. The second-order valence-electron chi connectivity index (χ2n) is 13.1. The van der Waals surface area contributed by atoms with Crippen LogP contribution in [-0.4, -0.2) is 60.9 Å². The van der Waals surface area contributed by atoms with E-state index in [-0.39, 0.29) is 11.8 Å². The maximum Gasteiger partial charge on any atom is 0.254 e. The molecule has 4 aromatic carbocycles. The van der Waals surface area contributed by atoms with Crippen LogP contribution in [-0.2, 0) is 23.3 Å². The zero-order chi connectivity index (χ0) is 32.4. The lowest BCUT2D eigenvalue weighted by Gasteiger charge is -2.40. The summed E-state index contributed by atoms with van der Waals surface area (Å²) < 4.78 is 0. The largest absolute Gasteiger partial charge is 0.369 e. The molecule has 0 atom stereocenters. The molecular formula is C40H44N4O2S. The van der Waals surface area contributed by atoms with Crippen LogP contribution in [0.1, 0.15) is 64.4 Å². The molecule has 7 rings (SSSR count). The maximum atomic E-state index is 14.0. The molecule has 4 aromatic rings. The molecule has 2 amide bonds. The lowest BCUT2D eigenvalue weighted by molar-refractivity contribution is -0.125. The number of amides is 2. The van der Waals surface area contributed by atoms with E-state index in [0.29, 0.717) is 19.6 Å².